The number of hydrogen-bond donors (Lipinski definition) is 0. The summed E-state index contributed by atoms with van der Waals surface area (Å²) in [7, 11) is 1.68. The topological polar surface area (TPSA) is 39.5 Å². The molecule has 158 valence electrons. The van der Waals surface area contributed by atoms with Crippen molar-refractivity contribution in [3.8, 4) is 11.8 Å². The van der Waals surface area contributed by atoms with Gasteiger partial charge in [-0.15, -0.1) is 0 Å². The largest absolute Gasteiger partial charge is 0.497 e. The van der Waals surface area contributed by atoms with Crippen LogP contribution >= 0.6 is 11.8 Å². The van der Waals surface area contributed by atoms with E-state index >= 15 is 0 Å². The summed E-state index contributed by atoms with van der Waals surface area (Å²) in [5.74, 6) is 0.871. The van der Waals surface area contributed by atoms with Crippen LogP contribution in [0, 0.1) is 11.3 Å². The van der Waals surface area contributed by atoms with Crippen LogP contribution in [0.3, 0.4) is 0 Å². The number of piperazine rings is 1. The summed E-state index contributed by atoms with van der Waals surface area (Å²) < 4.78 is 5.22. The second-order valence-corrected chi connectivity index (χ2v) is 9.39. The fourth-order valence-corrected chi connectivity index (χ4v) is 5.49. The molecule has 4 nitrogen and oxygen atoms in total. The highest BCUT2D eigenvalue weighted by Gasteiger charge is 2.28. The molecule has 4 rings (SSSR count). The van der Waals surface area contributed by atoms with Crippen LogP contribution in [-0.4, -0.2) is 49.1 Å². The van der Waals surface area contributed by atoms with Crippen molar-refractivity contribution in [2.24, 2.45) is 0 Å². The third-order valence-corrected chi connectivity index (χ3v) is 7.43. The Morgan fingerprint density at radius 1 is 0.900 bits per heavy atom. The molecule has 1 saturated heterocycles. The number of methoxy groups -OCH3 is 1. The van der Waals surface area contributed by atoms with Gasteiger partial charge in [0.2, 0.25) is 0 Å². The fraction of sp³-hybridized carbons (Fsp3) is 0.480. The lowest BCUT2D eigenvalue weighted by molar-refractivity contribution is 0.0676. The number of nitrogens with zero attached hydrogens (tertiary/aromatic N) is 3. The molecule has 0 aromatic heterocycles. The van der Waals surface area contributed by atoms with Crippen LogP contribution < -0.4 is 4.74 Å². The zero-order valence-electron chi connectivity index (χ0n) is 17.8. The molecule has 2 fully saturated rings. The lowest BCUT2D eigenvalue weighted by atomic mass is 9.93. The van der Waals surface area contributed by atoms with Gasteiger partial charge >= 0.3 is 0 Å². The average molecular weight is 422 g/mol. The Bertz CT molecular complexity index is 832. The first-order chi connectivity index (χ1) is 14.8. The van der Waals surface area contributed by atoms with Gasteiger partial charge in [0.15, 0.2) is 0 Å². The molecule has 2 aromatic rings. The third-order valence-electron chi connectivity index (χ3n) is 6.42. The summed E-state index contributed by atoms with van der Waals surface area (Å²) in [6.07, 6.45) is 6.88. The number of ether oxygens (including phenoxy) is 1. The molecule has 0 N–H and O–H groups in total. The van der Waals surface area contributed by atoms with E-state index in [0.29, 0.717) is 0 Å². The van der Waals surface area contributed by atoms with Crippen molar-refractivity contribution in [2.75, 3.05) is 33.3 Å². The maximum atomic E-state index is 9.88. The van der Waals surface area contributed by atoms with Crippen LogP contribution in [0.1, 0.15) is 43.7 Å². The molecule has 0 radical (unpaired) electrons. The van der Waals surface area contributed by atoms with Crippen LogP contribution in [-0.2, 0) is 0 Å². The normalized spacial score (nSPS) is 19.9. The number of hydrogen-bond acceptors (Lipinski definition) is 5. The maximum absolute atomic E-state index is 9.88. The van der Waals surface area contributed by atoms with Gasteiger partial charge in [0, 0.05) is 42.0 Å². The molecule has 2 aliphatic rings. The SMILES string of the molecule is COc1ccc(Sc2ccc(C(C#N)N3CCN(C4CCCCC4)CC3)cc2)cc1. The zero-order valence-corrected chi connectivity index (χ0v) is 18.6. The molecule has 30 heavy (non-hydrogen) atoms. The van der Waals surface area contributed by atoms with E-state index in [4.69, 9.17) is 4.74 Å². The van der Waals surface area contributed by atoms with Crippen LogP contribution in [0.5, 0.6) is 5.75 Å². The van der Waals surface area contributed by atoms with Gasteiger partial charge in [-0.2, -0.15) is 5.26 Å². The average Bonchev–Trinajstić information content (AvgIpc) is 2.82. The molecule has 0 amide bonds. The molecule has 2 aromatic carbocycles. The van der Waals surface area contributed by atoms with E-state index in [-0.39, 0.29) is 6.04 Å². The van der Waals surface area contributed by atoms with E-state index in [2.05, 4.69) is 52.3 Å². The summed E-state index contributed by atoms with van der Waals surface area (Å²) in [5, 5.41) is 9.88. The van der Waals surface area contributed by atoms with Crippen molar-refractivity contribution in [2.45, 2.75) is 54.0 Å². The van der Waals surface area contributed by atoms with Crippen molar-refractivity contribution in [1.29, 1.82) is 5.26 Å². The molecule has 0 bridgehead atoms. The van der Waals surface area contributed by atoms with Crippen LogP contribution in [0.25, 0.3) is 0 Å². The van der Waals surface area contributed by atoms with E-state index in [0.717, 1.165) is 43.5 Å². The minimum absolute atomic E-state index is 0.154. The van der Waals surface area contributed by atoms with Crippen LogP contribution in [0.4, 0.5) is 0 Å². The van der Waals surface area contributed by atoms with Crippen molar-refractivity contribution >= 4 is 11.8 Å². The van der Waals surface area contributed by atoms with Gasteiger partial charge in [0.25, 0.3) is 0 Å². The number of benzene rings is 2. The van der Waals surface area contributed by atoms with Crippen molar-refractivity contribution in [3.63, 3.8) is 0 Å². The summed E-state index contributed by atoms with van der Waals surface area (Å²) in [4.78, 5) is 7.38. The highest BCUT2D eigenvalue weighted by atomic mass is 32.2. The van der Waals surface area contributed by atoms with Gasteiger partial charge in [0.1, 0.15) is 11.8 Å². The molecule has 1 saturated carbocycles. The molecular formula is C25H31N3OS. The number of rotatable bonds is 6. The molecule has 1 unspecified atom stereocenters. The summed E-state index contributed by atoms with van der Waals surface area (Å²) in [6, 6.07) is 19.8. The highest BCUT2D eigenvalue weighted by Crippen LogP contribution is 2.31. The predicted octanol–water partition coefficient (Wildman–Crippen LogP) is 5.36. The first-order valence-electron chi connectivity index (χ1n) is 11.1. The van der Waals surface area contributed by atoms with E-state index in [1.165, 1.54) is 41.9 Å². The molecule has 1 atom stereocenters. The minimum atomic E-state index is -0.154. The van der Waals surface area contributed by atoms with E-state index < -0.39 is 0 Å². The third kappa shape index (κ3) is 5.18. The molecule has 1 aliphatic carbocycles. The highest BCUT2D eigenvalue weighted by molar-refractivity contribution is 7.99. The van der Waals surface area contributed by atoms with Gasteiger partial charge in [-0.05, 0) is 54.8 Å². The van der Waals surface area contributed by atoms with Gasteiger partial charge in [0.05, 0.1) is 13.2 Å². The zero-order chi connectivity index (χ0) is 20.8. The first kappa shape index (κ1) is 21.2. The molecule has 5 heteroatoms. The first-order valence-corrected chi connectivity index (χ1v) is 11.9. The van der Waals surface area contributed by atoms with Crippen molar-refractivity contribution < 1.29 is 4.74 Å². The van der Waals surface area contributed by atoms with E-state index in [1.54, 1.807) is 18.9 Å². The summed E-state index contributed by atoms with van der Waals surface area (Å²) in [6.45, 7) is 4.15. The smallest absolute Gasteiger partial charge is 0.123 e. The fourth-order valence-electron chi connectivity index (χ4n) is 4.67. The van der Waals surface area contributed by atoms with E-state index in [1.807, 2.05) is 12.1 Å². The predicted molar refractivity (Wildman–Crippen MR) is 122 cm³/mol. The van der Waals surface area contributed by atoms with E-state index in [9.17, 15) is 5.26 Å². The monoisotopic (exact) mass is 421 g/mol. The molecular weight excluding hydrogens is 390 g/mol. The Labute approximate surface area is 184 Å². The van der Waals surface area contributed by atoms with Crippen molar-refractivity contribution in [1.82, 2.24) is 9.80 Å². The molecule has 1 aliphatic heterocycles. The maximum Gasteiger partial charge on any atom is 0.123 e. The summed E-state index contributed by atoms with van der Waals surface area (Å²) >= 11 is 1.73. The van der Waals surface area contributed by atoms with Gasteiger partial charge in [-0.1, -0.05) is 43.2 Å². The Kier molecular flexibility index (Phi) is 7.33. The second-order valence-electron chi connectivity index (χ2n) is 8.24. The lowest BCUT2D eigenvalue weighted by Gasteiger charge is -2.42. The molecule has 1 heterocycles. The standard InChI is InChI=1S/C25H31N3OS/c1-29-22-9-13-24(14-10-22)30-23-11-7-20(8-12-23)25(19-26)28-17-15-27(16-18-28)21-5-3-2-4-6-21/h7-14,21,25H,2-6,15-18H2,1H3. The quantitative estimate of drug-likeness (QED) is 0.628. The number of nitriles is 1. The van der Waals surface area contributed by atoms with Crippen LogP contribution in [0.15, 0.2) is 58.3 Å². The van der Waals surface area contributed by atoms with Crippen molar-refractivity contribution in [3.05, 3.63) is 54.1 Å². The van der Waals surface area contributed by atoms with Crippen LogP contribution in [0.2, 0.25) is 0 Å². The van der Waals surface area contributed by atoms with Gasteiger partial charge in [-0.25, -0.2) is 0 Å². The Morgan fingerprint density at radius 3 is 2.07 bits per heavy atom. The lowest BCUT2D eigenvalue weighted by Crippen LogP contribution is -2.51. The second kappa shape index (κ2) is 10.3. The Balaban J connectivity index is 1.34. The molecule has 0 spiro atoms. The Morgan fingerprint density at radius 2 is 1.50 bits per heavy atom. The van der Waals surface area contributed by atoms with Gasteiger partial charge in [-0.3, -0.25) is 9.80 Å². The summed E-state index contributed by atoms with van der Waals surface area (Å²) in [5.41, 5.74) is 1.10. The minimum Gasteiger partial charge on any atom is -0.497 e. The van der Waals surface area contributed by atoms with Gasteiger partial charge < -0.3 is 4.74 Å². The Hall–Kier alpha value is -2.00.